The molecule has 6 nitrogen and oxygen atoms in total. The molecule has 28 heavy (non-hydrogen) atoms. The van der Waals surface area contributed by atoms with Crippen LogP contribution in [0, 0.1) is 0 Å². The molecule has 1 N–H and O–H groups in total. The Hall–Kier alpha value is -3.02. The second-order valence-corrected chi connectivity index (χ2v) is 6.92. The summed E-state index contributed by atoms with van der Waals surface area (Å²) >= 11 is 0. The van der Waals surface area contributed by atoms with Crippen molar-refractivity contribution in [3.8, 4) is 11.5 Å². The van der Waals surface area contributed by atoms with Crippen molar-refractivity contribution in [2.45, 2.75) is 32.4 Å². The third kappa shape index (κ3) is 4.44. The molecule has 2 aromatic carbocycles. The molecule has 0 aromatic heterocycles. The van der Waals surface area contributed by atoms with Gasteiger partial charge in [0, 0.05) is 36.7 Å². The average Bonchev–Trinajstić information content (AvgIpc) is 3.12. The summed E-state index contributed by atoms with van der Waals surface area (Å²) in [4.78, 5) is 26.2. The summed E-state index contributed by atoms with van der Waals surface area (Å²) < 4.78 is 10.6. The number of benzene rings is 2. The van der Waals surface area contributed by atoms with Gasteiger partial charge in [0.25, 0.3) is 5.91 Å². The summed E-state index contributed by atoms with van der Waals surface area (Å²) in [6.45, 7) is 3.32. The summed E-state index contributed by atoms with van der Waals surface area (Å²) in [5.74, 6) is 1.40. The third-order valence-corrected chi connectivity index (χ3v) is 5.02. The molecule has 2 aromatic rings. The van der Waals surface area contributed by atoms with Gasteiger partial charge in [-0.1, -0.05) is 12.1 Å². The smallest absolute Gasteiger partial charge is 0.251 e. The topological polar surface area (TPSA) is 67.9 Å². The van der Waals surface area contributed by atoms with Crippen molar-refractivity contribution in [1.29, 1.82) is 0 Å². The third-order valence-electron chi connectivity index (χ3n) is 5.02. The van der Waals surface area contributed by atoms with E-state index in [1.165, 1.54) is 0 Å². The van der Waals surface area contributed by atoms with E-state index in [1.807, 2.05) is 36.1 Å². The Bertz CT molecular complexity index is 848. The molecule has 6 heteroatoms. The van der Waals surface area contributed by atoms with Gasteiger partial charge < -0.3 is 19.7 Å². The normalized spacial score (nSPS) is 14.7. The van der Waals surface area contributed by atoms with Crippen LogP contribution in [-0.2, 0) is 11.3 Å². The van der Waals surface area contributed by atoms with Crippen LogP contribution in [0.4, 0.5) is 0 Å². The van der Waals surface area contributed by atoms with Gasteiger partial charge in [-0.3, -0.25) is 9.59 Å². The van der Waals surface area contributed by atoms with Gasteiger partial charge in [-0.2, -0.15) is 0 Å². The zero-order valence-electron chi connectivity index (χ0n) is 16.5. The molecule has 1 atom stereocenters. The molecule has 1 saturated heterocycles. The first-order chi connectivity index (χ1) is 13.5. The van der Waals surface area contributed by atoms with Gasteiger partial charge in [0.1, 0.15) is 11.5 Å². The lowest BCUT2D eigenvalue weighted by molar-refractivity contribution is -0.128. The summed E-state index contributed by atoms with van der Waals surface area (Å²) in [6, 6.07) is 12.7. The molecular weight excluding hydrogens is 356 g/mol. The summed E-state index contributed by atoms with van der Waals surface area (Å²) in [7, 11) is 3.19. The lowest BCUT2D eigenvalue weighted by atomic mass is 10.1. The SMILES string of the molecule is COc1ccc(C(C)NC(=O)c2ccc(CN3CCCC3=O)cc2)c(OC)c1. The van der Waals surface area contributed by atoms with Gasteiger partial charge in [0.2, 0.25) is 5.91 Å². The molecule has 1 heterocycles. The number of carbonyl (C=O) groups excluding carboxylic acids is 2. The number of methoxy groups -OCH3 is 2. The van der Waals surface area contributed by atoms with E-state index in [0.29, 0.717) is 30.0 Å². The van der Waals surface area contributed by atoms with E-state index in [-0.39, 0.29) is 17.9 Å². The Morgan fingerprint density at radius 3 is 2.50 bits per heavy atom. The molecule has 0 aliphatic carbocycles. The fourth-order valence-electron chi connectivity index (χ4n) is 3.39. The van der Waals surface area contributed by atoms with E-state index >= 15 is 0 Å². The number of ether oxygens (including phenoxy) is 2. The van der Waals surface area contributed by atoms with Crippen LogP contribution in [0.5, 0.6) is 11.5 Å². The van der Waals surface area contributed by atoms with Gasteiger partial charge in [-0.15, -0.1) is 0 Å². The highest BCUT2D eigenvalue weighted by molar-refractivity contribution is 5.94. The first kappa shape index (κ1) is 19.7. The fourth-order valence-corrected chi connectivity index (χ4v) is 3.39. The van der Waals surface area contributed by atoms with Crippen LogP contribution in [0.3, 0.4) is 0 Å². The van der Waals surface area contributed by atoms with Crippen molar-refractivity contribution < 1.29 is 19.1 Å². The number of nitrogens with zero attached hydrogens (tertiary/aromatic N) is 1. The second-order valence-electron chi connectivity index (χ2n) is 6.92. The number of amides is 2. The van der Waals surface area contributed by atoms with E-state index in [2.05, 4.69) is 5.32 Å². The molecule has 1 unspecified atom stereocenters. The van der Waals surface area contributed by atoms with Crippen molar-refractivity contribution in [3.63, 3.8) is 0 Å². The van der Waals surface area contributed by atoms with Crippen LogP contribution in [0.1, 0.15) is 47.3 Å². The molecule has 1 aliphatic rings. The maximum Gasteiger partial charge on any atom is 0.251 e. The lowest BCUT2D eigenvalue weighted by Gasteiger charge is -2.18. The zero-order chi connectivity index (χ0) is 20.1. The molecule has 0 spiro atoms. The molecule has 0 radical (unpaired) electrons. The standard InChI is InChI=1S/C22H26N2O4/c1-15(19-11-10-18(27-2)13-20(19)28-3)23-22(26)17-8-6-16(7-9-17)14-24-12-4-5-21(24)25/h6-11,13,15H,4-5,12,14H2,1-3H3,(H,23,26). The predicted molar refractivity (Wildman–Crippen MR) is 107 cm³/mol. The van der Waals surface area contributed by atoms with Crippen molar-refractivity contribution in [2.75, 3.05) is 20.8 Å². The highest BCUT2D eigenvalue weighted by atomic mass is 16.5. The minimum Gasteiger partial charge on any atom is -0.497 e. The van der Waals surface area contributed by atoms with Crippen molar-refractivity contribution in [1.82, 2.24) is 10.2 Å². The van der Waals surface area contributed by atoms with E-state index in [9.17, 15) is 9.59 Å². The van der Waals surface area contributed by atoms with E-state index in [4.69, 9.17) is 9.47 Å². The van der Waals surface area contributed by atoms with Crippen LogP contribution in [0.15, 0.2) is 42.5 Å². The Morgan fingerprint density at radius 2 is 1.89 bits per heavy atom. The summed E-state index contributed by atoms with van der Waals surface area (Å²) in [5.41, 5.74) is 2.48. The minimum atomic E-state index is -0.227. The molecule has 148 valence electrons. The predicted octanol–water partition coefficient (Wildman–Crippen LogP) is 3.32. The molecule has 0 bridgehead atoms. The molecule has 2 amide bonds. The van der Waals surface area contributed by atoms with Gasteiger partial charge in [-0.25, -0.2) is 0 Å². The fraction of sp³-hybridized carbons (Fsp3) is 0.364. The van der Waals surface area contributed by atoms with Gasteiger partial charge >= 0.3 is 0 Å². The Morgan fingerprint density at radius 1 is 1.14 bits per heavy atom. The summed E-state index contributed by atoms with van der Waals surface area (Å²) in [5, 5.41) is 3.00. The first-order valence-electron chi connectivity index (χ1n) is 9.41. The van der Waals surface area contributed by atoms with Crippen LogP contribution in [-0.4, -0.2) is 37.5 Å². The monoisotopic (exact) mass is 382 g/mol. The number of rotatable bonds is 7. The molecular formula is C22H26N2O4. The van der Waals surface area contributed by atoms with Gasteiger partial charge in [-0.05, 0) is 43.2 Å². The van der Waals surface area contributed by atoms with E-state index in [0.717, 1.165) is 24.1 Å². The highest BCUT2D eigenvalue weighted by Gasteiger charge is 2.20. The number of carbonyl (C=O) groups is 2. The highest BCUT2D eigenvalue weighted by Crippen LogP contribution is 2.29. The quantitative estimate of drug-likeness (QED) is 0.798. The maximum atomic E-state index is 12.6. The average molecular weight is 382 g/mol. The van der Waals surface area contributed by atoms with Crippen molar-refractivity contribution in [3.05, 3.63) is 59.2 Å². The van der Waals surface area contributed by atoms with Gasteiger partial charge in [0.05, 0.1) is 20.3 Å². The lowest BCUT2D eigenvalue weighted by Crippen LogP contribution is -2.27. The van der Waals surface area contributed by atoms with Crippen molar-refractivity contribution in [2.24, 2.45) is 0 Å². The summed E-state index contributed by atoms with van der Waals surface area (Å²) in [6.07, 6.45) is 1.55. The molecule has 0 saturated carbocycles. The van der Waals surface area contributed by atoms with Crippen LogP contribution >= 0.6 is 0 Å². The van der Waals surface area contributed by atoms with Crippen LogP contribution < -0.4 is 14.8 Å². The Balaban J connectivity index is 1.65. The Kier molecular flexibility index (Phi) is 6.19. The first-order valence-corrected chi connectivity index (χ1v) is 9.41. The second kappa shape index (κ2) is 8.78. The largest absolute Gasteiger partial charge is 0.497 e. The number of hydrogen-bond acceptors (Lipinski definition) is 4. The van der Waals surface area contributed by atoms with Crippen LogP contribution in [0.2, 0.25) is 0 Å². The van der Waals surface area contributed by atoms with Crippen LogP contribution in [0.25, 0.3) is 0 Å². The number of nitrogens with one attached hydrogen (secondary N) is 1. The number of likely N-dealkylation sites (tertiary alicyclic amines) is 1. The zero-order valence-corrected chi connectivity index (χ0v) is 16.5. The minimum absolute atomic E-state index is 0.158. The van der Waals surface area contributed by atoms with E-state index < -0.39 is 0 Å². The molecule has 1 fully saturated rings. The maximum absolute atomic E-state index is 12.6. The van der Waals surface area contributed by atoms with Gasteiger partial charge in [0.15, 0.2) is 0 Å². The Labute approximate surface area is 165 Å². The van der Waals surface area contributed by atoms with Crippen molar-refractivity contribution >= 4 is 11.8 Å². The van der Waals surface area contributed by atoms with E-state index in [1.54, 1.807) is 32.4 Å². The number of hydrogen-bond donors (Lipinski definition) is 1. The molecule has 3 rings (SSSR count). The molecule has 1 aliphatic heterocycles.